The van der Waals surface area contributed by atoms with E-state index in [2.05, 4.69) is 14.7 Å². The molecule has 0 spiro atoms. The van der Waals surface area contributed by atoms with Crippen LogP contribution in [0, 0.1) is 0 Å². The van der Waals surface area contributed by atoms with E-state index in [0.29, 0.717) is 11.4 Å². The highest BCUT2D eigenvalue weighted by Gasteiger charge is 2.21. The standard InChI is InChI=1S/C22H19N3O4S2/c1-28-17-9-10-20(29-2)21(13-17)31(26,27)25-16-7-5-6-15(12-16)19-14-30-22(24-19)18-8-3-4-11-23-18/h3-14,25H,1-2H3. The van der Waals surface area contributed by atoms with Crippen molar-refractivity contribution in [3.05, 3.63) is 72.2 Å². The monoisotopic (exact) mass is 453 g/mol. The van der Waals surface area contributed by atoms with E-state index in [4.69, 9.17) is 9.47 Å². The number of pyridine rings is 1. The van der Waals surface area contributed by atoms with Gasteiger partial charge in [-0.2, -0.15) is 0 Å². The molecular weight excluding hydrogens is 434 g/mol. The maximum absolute atomic E-state index is 13.0. The molecule has 0 atom stereocenters. The SMILES string of the molecule is COc1ccc(OC)c(S(=O)(=O)Nc2cccc(-c3csc(-c4ccccn4)n3)c2)c1. The Labute approximate surface area is 184 Å². The molecule has 0 aliphatic rings. The summed E-state index contributed by atoms with van der Waals surface area (Å²) in [4.78, 5) is 8.95. The molecule has 9 heteroatoms. The van der Waals surface area contributed by atoms with Crippen molar-refractivity contribution in [2.24, 2.45) is 0 Å². The minimum Gasteiger partial charge on any atom is -0.497 e. The molecule has 158 valence electrons. The van der Waals surface area contributed by atoms with Crippen molar-refractivity contribution < 1.29 is 17.9 Å². The van der Waals surface area contributed by atoms with E-state index in [1.807, 2.05) is 29.6 Å². The third-order valence-electron chi connectivity index (χ3n) is 4.46. The predicted octanol–water partition coefficient (Wildman–Crippen LogP) is 4.69. The topological polar surface area (TPSA) is 90.4 Å². The van der Waals surface area contributed by atoms with Gasteiger partial charge in [0.25, 0.3) is 10.0 Å². The molecule has 4 rings (SSSR count). The molecule has 31 heavy (non-hydrogen) atoms. The first kappa shape index (κ1) is 20.8. The van der Waals surface area contributed by atoms with Crippen molar-refractivity contribution in [1.29, 1.82) is 0 Å². The van der Waals surface area contributed by atoms with Crippen molar-refractivity contribution >= 4 is 27.0 Å². The van der Waals surface area contributed by atoms with Crippen LogP contribution in [-0.2, 0) is 10.0 Å². The highest BCUT2D eigenvalue weighted by atomic mass is 32.2. The number of hydrogen-bond donors (Lipinski definition) is 1. The minimum absolute atomic E-state index is 0.00847. The Bertz CT molecular complexity index is 1310. The molecule has 2 aromatic heterocycles. The molecule has 0 saturated heterocycles. The van der Waals surface area contributed by atoms with E-state index in [1.54, 1.807) is 36.5 Å². The number of benzene rings is 2. The van der Waals surface area contributed by atoms with Gasteiger partial charge in [0.05, 0.1) is 25.6 Å². The Morgan fingerprint density at radius 1 is 0.935 bits per heavy atom. The number of rotatable bonds is 7. The van der Waals surface area contributed by atoms with Crippen molar-refractivity contribution in [1.82, 2.24) is 9.97 Å². The normalized spacial score (nSPS) is 11.2. The van der Waals surface area contributed by atoms with Gasteiger partial charge in [-0.05, 0) is 36.4 Å². The molecule has 0 saturated carbocycles. The van der Waals surface area contributed by atoms with Gasteiger partial charge in [0, 0.05) is 28.9 Å². The van der Waals surface area contributed by atoms with Crippen LogP contribution in [0.4, 0.5) is 5.69 Å². The number of thiazole rings is 1. The molecule has 1 N–H and O–H groups in total. The Balaban J connectivity index is 1.63. The largest absolute Gasteiger partial charge is 0.497 e. The maximum Gasteiger partial charge on any atom is 0.265 e. The summed E-state index contributed by atoms with van der Waals surface area (Å²) in [6.07, 6.45) is 1.72. The van der Waals surface area contributed by atoms with Gasteiger partial charge in [-0.1, -0.05) is 18.2 Å². The van der Waals surface area contributed by atoms with Crippen molar-refractivity contribution in [3.8, 4) is 33.5 Å². The zero-order valence-electron chi connectivity index (χ0n) is 16.8. The van der Waals surface area contributed by atoms with Crippen molar-refractivity contribution in [2.75, 3.05) is 18.9 Å². The van der Waals surface area contributed by atoms with E-state index >= 15 is 0 Å². The van der Waals surface area contributed by atoms with E-state index in [9.17, 15) is 8.42 Å². The summed E-state index contributed by atoms with van der Waals surface area (Å²) in [6, 6.07) is 17.3. The zero-order valence-corrected chi connectivity index (χ0v) is 18.4. The summed E-state index contributed by atoms with van der Waals surface area (Å²) in [7, 11) is -1.01. The molecule has 0 aliphatic carbocycles. The summed E-state index contributed by atoms with van der Waals surface area (Å²) in [5.41, 5.74) is 2.73. The van der Waals surface area contributed by atoms with Gasteiger partial charge >= 0.3 is 0 Å². The lowest BCUT2D eigenvalue weighted by Gasteiger charge is -2.13. The number of methoxy groups -OCH3 is 2. The molecule has 0 bridgehead atoms. The van der Waals surface area contributed by atoms with Gasteiger partial charge in [-0.3, -0.25) is 9.71 Å². The second-order valence-electron chi connectivity index (χ2n) is 6.46. The third-order valence-corrected chi connectivity index (χ3v) is 6.73. The zero-order chi connectivity index (χ0) is 21.8. The quantitative estimate of drug-likeness (QED) is 0.437. The molecule has 0 unspecified atom stereocenters. The summed E-state index contributed by atoms with van der Waals surface area (Å²) in [6.45, 7) is 0. The predicted molar refractivity (Wildman–Crippen MR) is 121 cm³/mol. The van der Waals surface area contributed by atoms with E-state index in [-0.39, 0.29) is 10.6 Å². The number of anilines is 1. The summed E-state index contributed by atoms with van der Waals surface area (Å²) < 4.78 is 39.0. The summed E-state index contributed by atoms with van der Waals surface area (Å²) in [5, 5.41) is 2.71. The van der Waals surface area contributed by atoms with E-state index in [1.165, 1.54) is 31.6 Å². The number of ether oxygens (including phenoxy) is 2. The van der Waals surface area contributed by atoms with Crippen LogP contribution in [0.25, 0.3) is 22.0 Å². The Morgan fingerprint density at radius 2 is 1.81 bits per heavy atom. The van der Waals surface area contributed by atoms with E-state index in [0.717, 1.165) is 22.0 Å². The van der Waals surface area contributed by atoms with E-state index < -0.39 is 10.0 Å². The van der Waals surface area contributed by atoms with Crippen LogP contribution >= 0.6 is 11.3 Å². The number of sulfonamides is 1. The van der Waals surface area contributed by atoms with Gasteiger partial charge in [0.2, 0.25) is 0 Å². The second kappa shape index (κ2) is 8.75. The van der Waals surface area contributed by atoms with Crippen LogP contribution in [0.15, 0.2) is 77.1 Å². The summed E-state index contributed by atoms with van der Waals surface area (Å²) in [5.74, 6) is 0.642. The maximum atomic E-state index is 13.0. The summed E-state index contributed by atoms with van der Waals surface area (Å²) >= 11 is 1.48. The molecule has 0 amide bonds. The fraction of sp³-hybridized carbons (Fsp3) is 0.0909. The van der Waals surface area contributed by atoms with Crippen LogP contribution in [0.1, 0.15) is 0 Å². The number of nitrogens with one attached hydrogen (secondary N) is 1. The highest BCUT2D eigenvalue weighted by Crippen LogP contribution is 2.32. The van der Waals surface area contributed by atoms with Crippen molar-refractivity contribution in [2.45, 2.75) is 4.90 Å². The second-order valence-corrected chi connectivity index (χ2v) is 8.96. The van der Waals surface area contributed by atoms with Crippen LogP contribution in [0.3, 0.4) is 0 Å². The first-order valence-electron chi connectivity index (χ1n) is 9.22. The smallest absolute Gasteiger partial charge is 0.265 e. The van der Waals surface area contributed by atoms with Crippen LogP contribution in [0.5, 0.6) is 11.5 Å². The minimum atomic E-state index is -3.91. The Hall–Kier alpha value is -3.43. The molecule has 0 fully saturated rings. The van der Waals surface area contributed by atoms with Gasteiger partial charge in [0.15, 0.2) is 0 Å². The fourth-order valence-electron chi connectivity index (χ4n) is 2.96. The highest BCUT2D eigenvalue weighted by molar-refractivity contribution is 7.92. The number of hydrogen-bond acceptors (Lipinski definition) is 7. The molecule has 2 heterocycles. The lowest BCUT2D eigenvalue weighted by molar-refractivity contribution is 0.392. The first-order chi connectivity index (χ1) is 15.0. The molecular formula is C22H19N3O4S2. The average molecular weight is 454 g/mol. The first-order valence-corrected chi connectivity index (χ1v) is 11.6. The molecule has 4 aromatic rings. The molecule has 7 nitrogen and oxygen atoms in total. The van der Waals surface area contributed by atoms with Crippen LogP contribution in [0.2, 0.25) is 0 Å². The third kappa shape index (κ3) is 4.52. The average Bonchev–Trinajstić information content (AvgIpc) is 3.29. The van der Waals surface area contributed by atoms with Gasteiger partial charge in [-0.25, -0.2) is 13.4 Å². The molecule has 0 aliphatic heterocycles. The van der Waals surface area contributed by atoms with Gasteiger partial charge in [-0.15, -0.1) is 11.3 Å². The Morgan fingerprint density at radius 3 is 2.55 bits per heavy atom. The van der Waals surface area contributed by atoms with Crippen LogP contribution in [-0.4, -0.2) is 32.6 Å². The molecule has 2 aromatic carbocycles. The fourth-order valence-corrected chi connectivity index (χ4v) is 5.00. The number of aromatic nitrogens is 2. The van der Waals surface area contributed by atoms with Crippen molar-refractivity contribution in [3.63, 3.8) is 0 Å². The van der Waals surface area contributed by atoms with Gasteiger partial charge in [0.1, 0.15) is 21.4 Å². The van der Waals surface area contributed by atoms with Crippen LogP contribution < -0.4 is 14.2 Å². The van der Waals surface area contributed by atoms with Gasteiger partial charge < -0.3 is 9.47 Å². The lowest BCUT2D eigenvalue weighted by Crippen LogP contribution is -2.14. The lowest BCUT2D eigenvalue weighted by atomic mass is 10.1. The Kier molecular flexibility index (Phi) is 5.88. The molecule has 0 radical (unpaired) electrons. The number of nitrogens with zero attached hydrogens (tertiary/aromatic N) is 2.